The molecule has 1 fully saturated rings. The van der Waals surface area contributed by atoms with Crippen LogP contribution in [0.4, 0.5) is 5.69 Å². The first-order valence-electron chi connectivity index (χ1n) is 15.4. The predicted octanol–water partition coefficient (Wildman–Crippen LogP) is 3.98. The van der Waals surface area contributed by atoms with E-state index in [2.05, 4.69) is 50.4 Å². The average Bonchev–Trinajstić information content (AvgIpc) is 3.05. The lowest BCUT2D eigenvalue weighted by Crippen LogP contribution is -2.71. The smallest absolute Gasteiger partial charge is 0.283 e. The van der Waals surface area contributed by atoms with Gasteiger partial charge >= 0.3 is 0 Å². The summed E-state index contributed by atoms with van der Waals surface area (Å²) in [6.45, 7) is 11.1. The number of anilines is 1. The Bertz CT molecular complexity index is 1350. The molecule has 0 bridgehead atoms. The molecule has 1 unspecified atom stereocenters. The number of benzene rings is 3. The summed E-state index contributed by atoms with van der Waals surface area (Å²) in [7, 11) is 1.36. The fourth-order valence-corrected chi connectivity index (χ4v) is 8.04. The Labute approximate surface area is 268 Å². The molecule has 3 aromatic carbocycles. The molecule has 1 radical (unpaired) electrons. The highest BCUT2D eigenvalue weighted by Gasteiger charge is 2.60. The summed E-state index contributed by atoms with van der Waals surface area (Å²) in [5.74, 6) is -1.26. The van der Waals surface area contributed by atoms with Crippen molar-refractivity contribution in [3.8, 4) is 11.5 Å². The predicted molar refractivity (Wildman–Crippen MR) is 175 cm³/mol. The summed E-state index contributed by atoms with van der Waals surface area (Å²) in [4.78, 5) is 0. The normalized spacial score (nSPS) is 26.3. The molecular weight excluding hydrogens is 590 g/mol. The van der Waals surface area contributed by atoms with Crippen molar-refractivity contribution < 1.29 is 38.0 Å². The zero-order chi connectivity index (χ0) is 32.2. The minimum absolute atomic E-state index is 0.166. The summed E-state index contributed by atoms with van der Waals surface area (Å²) in [6.07, 6.45) is -3.11. The molecule has 2 heterocycles. The molecule has 6 atom stereocenters. The van der Waals surface area contributed by atoms with Crippen LogP contribution in [-0.2, 0) is 23.4 Å². The molecule has 0 aromatic heterocycles. The van der Waals surface area contributed by atoms with Gasteiger partial charge in [0.05, 0.1) is 6.10 Å². The second-order valence-corrected chi connectivity index (χ2v) is 14.8. The van der Waals surface area contributed by atoms with E-state index in [1.54, 1.807) is 28.1 Å². The molecule has 10 heteroatoms. The Balaban J connectivity index is 1.48. The molecular formula is C35H46NO8Si. The van der Waals surface area contributed by atoms with E-state index >= 15 is 0 Å². The van der Waals surface area contributed by atoms with Gasteiger partial charge in [-0.25, -0.2) is 0 Å². The zero-order valence-electron chi connectivity index (χ0n) is 27.2. The van der Waals surface area contributed by atoms with E-state index in [0.29, 0.717) is 24.7 Å². The van der Waals surface area contributed by atoms with Gasteiger partial charge in [-0.05, 0) is 41.8 Å². The summed E-state index contributed by atoms with van der Waals surface area (Å²) < 4.78 is 43.9. The number of aliphatic hydroxyl groups excluding tert-OH is 1. The molecule has 0 amide bonds. The second kappa shape index (κ2) is 13.8. The monoisotopic (exact) mass is 636 g/mol. The minimum Gasteiger partial charge on any atom is -0.486 e. The average molecular weight is 637 g/mol. The molecule has 9 nitrogen and oxygen atoms in total. The van der Waals surface area contributed by atoms with Crippen LogP contribution < -0.4 is 25.2 Å². The maximum atomic E-state index is 11.8. The van der Waals surface area contributed by atoms with Crippen molar-refractivity contribution in [2.45, 2.75) is 70.6 Å². The zero-order valence-corrected chi connectivity index (χ0v) is 28.2. The first kappa shape index (κ1) is 33.4. The third-order valence-electron chi connectivity index (χ3n) is 8.56. The highest BCUT2D eigenvalue weighted by molar-refractivity contribution is 6.80. The van der Waals surface area contributed by atoms with Crippen LogP contribution in [0.3, 0.4) is 0 Å². The van der Waals surface area contributed by atoms with Crippen molar-refractivity contribution in [3.05, 3.63) is 78.9 Å². The van der Waals surface area contributed by atoms with Gasteiger partial charge in [0.25, 0.3) is 9.04 Å². The lowest BCUT2D eigenvalue weighted by Gasteiger charge is -2.55. The van der Waals surface area contributed by atoms with Crippen molar-refractivity contribution in [1.29, 1.82) is 0 Å². The third kappa shape index (κ3) is 7.22. The van der Waals surface area contributed by atoms with Gasteiger partial charge in [-0.3, -0.25) is 0 Å². The van der Waals surface area contributed by atoms with Crippen LogP contribution in [0.15, 0.2) is 78.9 Å². The fraction of sp³-hybridized carbons (Fsp3) is 0.486. The van der Waals surface area contributed by atoms with E-state index in [9.17, 15) is 5.11 Å². The first-order chi connectivity index (χ1) is 21.5. The molecule has 2 N–H and O–H groups in total. The SMILES string of the molecule is CO[C@@]1(C)O[C@H]([C@@H](O)CNc2ccc3c(c2)OCCO3)[C@H](C(O[Si](c2ccccc2)c2ccccc2)C(C)(C)C)O[C@]1(C)OC. The molecule has 2 aliphatic heterocycles. The topological polar surface area (TPSA) is 96.9 Å². The van der Waals surface area contributed by atoms with E-state index in [4.69, 9.17) is 32.8 Å². The van der Waals surface area contributed by atoms with E-state index in [1.165, 1.54) is 0 Å². The van der Waals surface area contributed by atoms with Crippen LogP contribution >= 0.6 is 0 Å². The maximum Gasteiger partial charge on any atom is 0.283 e. The number of rotatable bonds is 11. The Hall–Kier alpha value is -2.96. The molecule has 5 rings (SSSR count). The van der Waals surface area contributed by atoms with Crippen molar-refractivity contribution >= 4 is 25.1 Å². The van der Waals surface area contributed by atoms with Gasteiger partial charge in [0, 0.05) is 32.5 Å². The van der Waals surface area contributed by atoms with Gasteiger partial charge in [-0.15, -0.1) is 0 Å². The molecule has 0 saturated carbocycles. The molecule has 0 spiro atoms. The number of hydrogen-bond donors (Lipinski definition) is 2. The van der Waals surface area contributed by atoms with Crippen LogP contribution in [0.1, 0.15) is 34.6 Å². The van der Waals surface area contributed by atoms with Crippen molar-refractivity contribution in [2.24, 2.45) is 5.41 Å². The van der Waals surface area contributed by atoms with Crippen molar-refractivity contribution in [2.75, 3.05) is 39.3 Å². The lowest BCUT2D eigenvalue weighted by molar-refractivity contribution is -0.460. The summed E-state index contributed by atoms with van der Waals surface area (Å²) >= 11 is 0. The van der Waals surface area contributed by atoms with E-state index in [1.807, 2.05) is 54.6 Å². The Morgan fingerprint density at radius 1 is 0.822 bits per heavy atom. The van der Waals surface area contributed by atoms with E-state index in [-0.39, 0.29) is 6.54 Å². The largest absolute Gasteiger partial charge is 0.486 e. The van der Waals surface area contributed by atoms with Crippen LogP contribution in [0.2, 0.25) is 0 Å². The Morgan fingerprint density at radius 2 is 1.36 bits per heavy atom. The first-order valence-corrected chi connectivity index (χ1v) is 16.8. The molecule has 45 heavy (non-hydrogen) atoms. The number of methoxy groups -OCH3 is 2. The van der Waals surface area contributed by atoms with Crippen LogP contribution in [-0.4, -0.2) is 84.1 Å². The minimum atomic E-state index is -1.75. The fourth-order valence-electron chi connectivity index (χ4n) is 5.70. The van der Waals surface area contributed by atoms with E-state index in [0.717, 1.165) is 16.1 Å². The van der Waals surface area contributed by atoms with Crippen molar-refractivity contribution in [1.82, 2.24) is 0 Å². The van der Waals surface area contributed by atoms with E-state index < -0.39 is 50.4 Å². The highest BCUT2D eigenvalue weighted by atomic mass is 28.3. The van der Waals surface area contributed by atoms with Crippen molar-refractivity contribution in [3.63, 3.8) is 0 Å². The van der Waals surface area contributed by atoms with Crippen LogP contribution in [0.25, 0.3) is 0 Å². The molecule has 0 aliphatic carbocycles. The van der Waals surface area contributed by atoms with Gasteiger partial charge in [-0.2, -0.15) is 0 Å². The van der Waals surface area contributed by atoms with Gasteiger partial charge in [0.15, 0.2) is 11.5 Å². The van der Waals surface area contributed by atoms with Gasteiger partial charge < -0.3 is 43.3 Å². The molecule has 2 aliphatic rings. The summed E-state index contributed by atoms with van der Waals surface area (Å²) in [5, 5.41) is 17.4. The summed E-state index contributed by atoms with van der Waals surface area (Å²) in [5.41, 5.74) is 0.356. The quantitative estimate of drug-likeness (QED) is 0.303. The summed E-state index contributed by atoms with van der Waals surface area (Å²) in [6, 6.07) is 26.2. The maximum absolute atomic E-state index is 11.8. The van der Waals surface area contributed by atoms with Gasteiger partial charge in [0.1, 0.15) is 31.5 Å². The Morgan fingerprint density at radius 3 is 1.89 bits per heavy atom. The number of aliphatic hydroxyl groups is 1. The van der Waals surface area contributed by atoms with Crippen LogP contribution in [0, 0.1) is 5.41 Å². The second-order valence-electron chi connectivity index (χ2n) is 12.7. The highest BCUT2D eigenvalue weighted by Crippen LogP contribution is 2.44. The number of hydrogen-bond acceptors (Lipinski definition) is 9. The lowest BCUT2D eigenvalue weighted by atomic mass is 9.82. The van der Waals surface area contributed by atoms with Gasteiger partial charge in [0.2, 0.25) is 11.6 Å². The third-order valence-corrected chi connectivity index (χ3v) is 10.8. The molecule has 1 saturated heterocycles. The van der Waals surface area contributed by atoms with Crippen LogP contribution in [0.5, 0.6) is 11.5 Å². The van der Waals surface area contributed by atoms with Gasteiger partial charge in [-0.1, -0.05) is 81.4 Å². The molecule has 3 aromatic rings. The number of fused-ring (bicyclic) bond motifs is 1. The standard InChI is InChI=1S/C35H46NO8Si/c1-33(2,3)32(44-45(25-14-10-8-11-15-25)26-16-12-9-13-17-26)31-30(42-34(4,38-6)35(5,39-7)43-31)27(37)23-36-24-18-19-28-29(22-24)41-21-20-40-28/h8-19,22,27,30-32,36-37H,20-21,23H2,1-7H3/t27-,30+,31+,32?,34-,35-/m0/s1. The number of nitrogens with one attached hydrogen (secondary N) is 1. The Kier molecular flexibility index (Phi) is 10.2. The number of ether oxygens (including phenoxy) is 6. The molecule has 243 valence electrons.